The molecule has 0 amide bonds. The molecule has 1 aromatic heterocycles. The number of sulfonamides is 1. The van der Waals surface area contributed by atoms with E-state index >= 15 is 0 Å². The van der Waals surface area contributed by atoms with Gasteiger partial charge in [-0.1, -0.05) is 11.6 Å². The predicted octanol–water partition coefficient (Wildman–Crippen LogP) is 3.86. The fourth-order valence-corrected chi connectivity index (χ4v) is 5.34. The smallest absolute Gasteiger partial charge is 0.248 e. The Labute approximate surface area is 179 Å². The van der Waals surface area contributed by atoms with E-state index in [0.29, 0.717) is 35.7 Å². The standard InChI is InChI=1S/C20H20ClN3O5S/c1-27-16-8-6-13(11-17(16)28-2)19-22-23-20(29-19)14-5-7-15(21)18(12-14)30(25,26)24-9-3-4-10-24/h5-8,11-12H,3-4,9-10H2,1-2H3. The maximum Gasteiger partial charge on any atom is 0.248 e. The summed E-state index contributed by atoms with van der Waals surface area (Å²) in [4.78, 5) is 0.0365. The molecule has 2 aromatic carbocycles. The molecule has 0 radical (unpaired) electrons. The van der Waals surface area contributed by atoms with Crippen LogP contribution in [0.15, 0.2) is 45.7 Å². The Morgan fingerprint density at radius 3 is 2.17 bits per heavy atom. The monoisotopic (exact) mass is 449 g/mol. The van der Waals surface area contributed by atoms with E-state index in [4.69, 9.17) is 25.5 Å². The van der Waals surface area contributed by atoms with Gasteiger partial charge < -0.3 is 13.9 Å². The van der Waals surface area contributed by atoms with Gasteiger partial charge in [0.1, 0.15) is 4.90 Å². The van der Waals surface area contributed by atoms with Crippen molar-refractivity contribution < 1.29 is 22.3 Å². The second kappa shape index (κ2) is 8.25. The van der Waals surface area contributed by atoms with Gasteiger partial charge in [-0.25, -0.2) is 8.42 Å². The van der Waals surface area contributed by atoms with E-state index in [1.165, 1.54) is 23.5 Å². The van der Waals surface area contributed by atoms with Gasteiger partial charge in [-0.15, -0.1) is 10.2 Å². The number of hydrogen-bond donors (Lipinski definition) is 0. The summed E-state index contributed by atoms with van der Waals surface area (Å²) in [5.41, 5.74) is 1.11. The van der Waals surface area contributed by atoms with Gasteiger partial charge in [0, 0.05) is 24.2 Å². The summed E-state index contributed by atoms with van der Waals surface area (Å²) in [7, 11) is -0.590. The first-order valence-electron chi connectivity index (χ1n) is 9.30. The number of nitrogens with zero attached hydrogens (tertiary/aromatic N) is 3. The molecule has 0 unspecified atom stereocenters. The Kier molecular flexibility index (Phi) is 5.68. The number of halogens is 1. The van der Waals surface area contributed by atoms with Crippen LogP contribution in [0.3, 0.4) is 0 Å². The van der Waals surface area contributed by atoms with Crippen LogP contribution in [0, 0.1) is 0 Å². The molecule has 10 heteroatoms. The van der Waals surface area contributed by atoms with E-state index in [-0.39, 0.29) is 21.7 Å². The second-order valence-electron chi connectivity index (χ2n) is 6.74. The molecular formula is C20H20ClN3O5S. The van der Waals surface area contributed by atoms with E-state index in [9.17, 15) is 8.42 Å². The molecule has 0 atom stereocenters. The highest BCUT2D eigenvalue weighted by Crippen LogP contribution is 2.34. The molecule has 1 fully saturated rings. The summed E-state index contributed by atoms with van der Waals surface area (Å²) in [6.07, 6.45) is 1.68. The number of hydrogen-bond acceptors (Lipinski definition) is 7. The van der Waals surface area contributed by atoms with Crippen molar-refractivity contribution in [2.24, 2.45) is 0 Å². The summed E-state index contributed by atoms with van der Waals surface area (Å²) >= 11 is 6.21. The molecule has 0 bridgehead atoms. The SMILES string of the molecule is COc1ccc(-c2nnc(-c3ccc(Cl)c(S(=O)(=O)N4CCCC4)c3)o2)cc1OC. The third kappa shape index (κ3) is 3.76. The Morgan fingerprint density at radius 2 is 1.53 bits per heavy atom. The van der Waals surface area contributed by atoms with Crippen LogP contribution in [0.4, 0.5) is 0 Å². The van der Waals surface area contributed by atoms with Crippen LogP contribution in [0.25, 0.3) is 22.9 Å². The van der Waals surface area contributed by atoms with Crippen molar-refractivity contribution in [3.63, 3.8) is 0 Å². The fraction of sp³-hybridized carbons (Fsp3) is 0.300. The van der Waals surface area contributed by atoms with Crippen LogP contribution < -0.4 is 9.47 Å². The van der Waals surface area contributed by atoms with Gasteiger partial charge in [-0.2, -0.15) is 4.31 Å². The first kappa shape index (κ1) is 20.6. The Balaban J connectivity index is 1.69. The van der Waals surface area contributed by atoms with Crippen molar-refractivity contribution in [2.45, 2.75) is 17.7 Å². The van der Waals surface area contributed by atoms with Gasteiger partial charge in [0.25, 0.3) is 0 Å². The number of benzene rings is 2. The van der Waals surface area contributed by atoms with Gasteiger partial charge >= 0.3 is 0 Å². The molecule has 8 nitrogen and oxygen atoms in total. The highest BCUT2D eigenvalue weighted by Gasteiger charge is 2.29. The summed E-state index contributed by atoms with van der Waals surface area (Å²) in [6, 6.07) is 9.88. The van der Waals surface area contributed by atoms with Gasteiger partial charge in [-0.3, -0.25) is 0 Å². The largest absolute Gasteiger partial charge is 0.493 e. The third-order valence-electron chi connectivity index (χ3n) is 4.92. The fourth-order valence-electron chi connectivity index (χ4n) is 3.33. The van der Waals surface area contributed by atoms with Crippen molar-refractivity contribution in [3.8, 4) is 34.4 Å². The Bertz CT molecular complexity index is 1170. The molecule has 1 aliphatic heterocycles. The van der Waals surface area contributed by atoms with E-state index in [1.807, 2.05) is 0 Å². The van der Waals surface area contributed by atoms with Crippen LogP contribution >= 0.6 is 11.6 Å². The second-order valence-corrected chi connectivity index (χ2v) is 9.05. The minimum absolute atomic E-state index is 0.0365. The summed E-state index contributed by atoms with van der Waals surface area (Å²) in [5, 5.41) is 8.31. The quantitative estimate of drug-likeness (QED) is 0.563. The molecule has 0 saturated carbocycles. The molecule has 0 aliphatic carbocycles. The topological polar surface area (TPSA) is 94.8 Å². The lowest BCUT2D eigenvalue weighted by molar-refractivity contribution is 0.355. The van der Waals surface area contributed by atoms with Crippen molar-refractivity contribution in [3.05, 3.63) is 41.4 Å². The average molecular weight is 450 g/mol. The van der Waals surface area contributed by atoms with Crippen LogP contribution in [-0.4, -0.2) is 50.2 Å². The van der Waals surface area contributed by atoms with Crippen LogP contribution in [0.5, 0.6) is 11.5 Å². The van der Waals surface area contributed by atoms with E-state index in [1.54, 1.807) is 31.4 Å². The van der Waals surface area contributed by atoms with Gasteiger partial charge in [0.2, 0.25) is 21.8 Å². The van der Waals surface area contributed by atoms with Crippen LogP contribution in [-0.2, 0) is 10.0 Å². The first-order valence-corrected chi connectivity index (χ1v) is 11.1. The molecule has 30 heavy (non-hydrogen) atoms. The molecule has 4 rings (SSSR count). The predicted molar refractivity (Wildman–Crippen MR) is 111 cm³/mol. The van der Waals surface area contributed by atoms with Crippen molar-refractivity contribution in [1.82, 2.24) is 14.5 Å². The zero-order valence-corrected chi connectivity index (χ0v) is 18.0. The van der Waals surface area contributed by atoms with Crippen molar-refractivity contribution in [1.29, 1.82) is 0 Å². The average Bonchev–Trinajstić information content (AvgIpc) is 3.46. The Hall–Kier alpha value is -2.62. The van der Waals surface area contributed by atoms with Crippen molar-refractivity contribution >= 4 is 21.6 Å². The van der Waals surface area contributed by atoms with Gasteiger partial charge in [0.15, 0.2) is 11.5 Å². The van der Waals surface area contributed by atoms with Gasteiger partial charge in [-0.05, 0) is 49.2 Å². The van der Waals surface area contributed by atoms with E-state index in [2.05, 4.69) is 10.2 Å². The molecule has 1 saturated heterocycles. The maximum atomic E-state index is 12.9. The van der Waals surface area contributed by atoms with Crippen molar-refractivity contribution in [2.75, 3.05) is 27.3 Å². The third-order valence-corrected chi connectivity index (χ3v) is 7.30. The van der Waals surface area contributed by atoms with Crippen LogP contribution in [0.2, 0.25) is 5.02 Å². The van der Waals surface area contributed by atoms with Crippen LogP contribution in [0.1, 0.15) is 12.8 Å². The lowest BCUT2D eigenvalue weighted by Gasteiger charge is -2.16. The minimum atomic E-state index is -3.68. The number of rotatable bonds is 6. The minimum Gasteiger partial charge on any atom is -0.493 e. The zero-order chi connectivity index (χ0) is 21.3. The molecule has 2 heterocycles. The van der Waals surface area contributed by atoms with E-state index in [0.717, 1.165) is 12.8 Å². The molecule has 3 aromatic rings. The lowest BCUT2D eigenvalue weighted by Crippen LogP contribution is -2.28. The summed E-state index contributed by atoms with van der Waals surface area (Å²) in [6.45, 7) is 0.986. The molecule has 0 spiro atoms. The molecule has 0 N–H and O–H groups in total. The molecule has 158 valence electrons. The normalized spacial score (nSPS) is 14.8. The summed E-state index contributed by atoms with van der Waals surface area (Å²) in [5.74, 6) is 1.56. The highest BCUT2D eigenvalue weighted by atomic mass is 35.5. The zero-order valence-electron chi connectivity index (χ0n) is 16.5. The maximum absolute atomic E-state index is 12.9. The lowest BCUT2D eigenvalue weighted by atomic mass is 10.2. The Morgan fingerprint density at radius 1 is 0.933 bits per heavy atom. The van der Waals surface area contributed by atoms with Gasteiger partial charge in [0.05, 0.1) is 19.2 Å². The highest BCUT2D eigenvalue weighted by molar-refractivity contribution is 7.89. The molecular weight excluding hydrogens is 430 g/mol. The first-order chi connectivity index (χ1) is 14.4. The summed E-state index contributed by atoms with van der Waals surface area (Å²) < 4.78 is 43.7. The molecule has 1 aliphatic rings. The van der Waals surface area contributed by atoms with E-state index < -0.39 is 10.0 Å². The number of aromatic nitrogens is 2. The number of ether oxygens (including phenoxy) is 2. The number of methoxy groups -OCH3 is 2.